The van der Waals surface area contributed by atoms with E-state index in [0.29, 0.717) is 0 Å². The van der Waals surface area contributed by atoms with E-state index >= 15 is 0 Å². The largest absolute Gasteiger partial charge is 0.325 e. The van der Waals surface area contributed by atoms with Crippen molar-refractivity contribution in [2.45, 2.75) is 19.9 Å². The van der Waals surface area contributed by atoms with Crippen LogP contribution in [0.2, 0.25) is 0 Å². The molecule has 1 rings (SSSR count). The molecule has 1 atom stereocenters. The Bertz CT molecular complexity index is 316. The normalized spacial score (nSPS) is 13.5. The molecule has 0 aromatic heterocycles. The Kier molecular flexibility index (Phi) is 3.70. The first-order valence-corrected chi connectivity index (χ1v) is 5.09. The summed E-state index contributed by atoms with van der Waals surface area (Å²) in [5.74, 6) is 0. The fraction of sp³-hybridized carbons (Fsp3) is 0.273. The van der Waals surface area contributed by atoms with Gasteiger partial charge in [0, 0.05) is 10.5 Å². The summed E-state index contributed by atoms with van der Waals surface area (Å²) in [7, 11) is 0. The Balaban J connectivity index is 2.93. The van der Waals surface area contributed by atoms with E-state index in [1.165, 1.54) is 11.1 Å². The highest BCUT2D eigenvalue weighted by Crippen LogP contribution is 2.17. The number of rotatable bonds is 2. The van der Waals surface area contributed by atoms with Crippen LogP contribution in [-0.2, 0) is 0 Å². The molecule has 0 heterocycles. The molecule has 0 saturated heterocycles. The fourth-order valence-corrected chi connectivity index (χ4v) is 1.43. The predicted molar refractivity (Wildman–Crippen MR) is 61.6 cm³/mol. The van der Waals surface area contributed by atoms with Crippen molar-refractivity contribution in [3.63, 3.8) is 0 Å². The van der Waals surface area contributed by atoms with Crippen LogP contribution >= 0.6 is 15.9 Å². The standard InChI is InChI=1S/C11H14BrN/c1-8-3-6-11(12)7-10(8)5-4-9(2)13/h3-7,9H,13H2,1-2H3/b5-4+. The summed E-state index contributed by atoms with van der Waals surface area (Å²) in [6.45, 7) is 4.05. The smallest absolute Gasteiger partial charge is 0.0198 e. The Morgan fingerprint density at radius 3 is 2.77 bits per heavy atom. The van der Waals surface area contributed by atoms with Gasteiger partial charge in [-0.15, -0.1) is 0 Å². The van der Waals surface area contributed by atoms with Crippen molar-refractivity contribution in [3.05, 3.63) is 39.9 Å². The van der Waals surface area contributed by atoms with Crippen LogP contribution in [0.5, 0.6) is 0 Å². The van der Waals surface area contributed by atoms with Gasteiger partial charge in [0.15, 0.2) is 0 Å². The van der Waals surface area contributed by atoms with Gasteiger partial charge < -0.3 is 5.73 Å². The summed E-state index contributed by atoms with van der Waals surface area (Å²) in [5, 5.41) is 0. The van der Waals surface area contributed by atoms with Crippen molar-refractivity contribution in [1.29, 1.82) is 0 Å². The van der Waals surface area contributed by atoms with Gasteiger partial charge >= 0.3 is 0 Å². The lowest BCUT2D eigenvalue weighted by molar-refractivity contribution is 0.930. The molecule has 13 heavy (non-hydrogen) atoms. The SMILES string of the molecule is Cc1ccc(Br)cc1/C=C/C(C)N. The lowest BCUT2D eigenvalue weighted by Gasteiger charge is -2.01. The van der Waals surface area contributed by atoms with E-state index in [0.717, 1.165) is 4.47 Å². The van der Waals surface area contributed by atoms with Crippen molar-refractivity contribution in [1.82, 2.24) is 0 Å². The van der Waals surface area contributed by atoms with Gasteiger partial charge in [-0.1, -0.05) is 34.1 Å². The number of aryl methyl sites for hydroxylation is 1. The van der Waals surface area contributed by atoms with Crippen molar-refractivity contribution in [2.75, 3.05) is 0 Å². The first-order chi connectivity index (χ1) is 6.09. The minimum Gasteiger partial charge on any atom is -0.325 e. The molecular formula is C11H14BrN. The second-order valence-electron chi connectivity index (χ2n) is 3.22. The van der Waals surface area contributed by atoms with Crippen LogP contribution in [0.3, 0.4) is 0 Å². The highest BCUT2D eigenvalue weighted by Gasteiger charge is 1.95. The van der Waals surface area contributed by atoms with Gasteiger partial charge in [-0.2, -0.15) is 0 Å². The first-order valence-electron chi connectivity index (χ1n) is 4.29. The molecule has 2 N–H and O–H groups in total. The van der Waals surface area contributed by atoms with Crippen LogP contribution in [0.4, 0.5) is 0 Å². The summed E-state index contributed by atoms with van der Waals surface area (Å²) >= 11 is 3.44. The third-order valence-electron chi connectivity index (χ3n) is 1.82. The molecule has 0 aliphatic rings. The molecule has 0 aliphatic carbocycles. The van der Waals surface area contributed by atoms with E-state index in [1.807, 2.05) is 19.1 Å². The average Bonchev–Trinajstić information content (AvgIpc) is 2.06. The number of hydrogen-bond acceptors (Lipinski definition) is 1. The summed E-state index contributed by atoms with van der Waals surface area (Å²) in [6.07, 6.45) is 4.06. The molecule has 1 aromatic carbocycles. The molecule has 0 aliphatic heterocycles. The summed E-state index contributed by atoms with van der Waals surface area (Å²) in [5.41, 5.74) is 8.11. The monoisotopic (exact) mass is 239 g/mol. The second kappa shape index (κ2) is 4.58. The van der Waals surface area contributed by atoms with Gasteiger partial charge in [-0.05, 0) is 37.1 Å². The van der Waals surface area contributed by atoms with Gasteiger partial charge in [0.25, 0.3) is 0 Å². The molecule has 1 nitrogen and oxygen atoms in total. The Labute approximate surface area is 87.8 Å². The van der Waals surface area contributed by atoms with Crippen molar-refractivity contribution < 1.29 is 0 Å². The van der Waals surface area contributed by atoms with Gasteiger partial charge in [0.2, 0.25) is 0 Å². The molecule has 0 bridgehead atoms. The minimum absolute atomic E-state index is 0.110. The average molecular weight is 240 g/mol. The van der Waals surface area contributed by atoms with E-state index in [9.17, 15) is 0 Å². The summed E-state index contributed by atoms with van der Waals surface area (Å²) in [4.78, 5) is 0. The Hall–Kier alpha value is -0.600. The van der Waals surface area contributed by atoms with Crippen LogP contribution in [0.25, 0.3) is 6.08 Å². The quantitative estimate of drug-likeness (QED) is 0.844. The molecular weight excluding hydrogens is 226 g/mol. The van der Waals surface area contributed by atoms with Crippen LogP contribution in [0, 0.1) is 6.92 Å². The molecule has 0 spiro atoms. The van der Waals surface area contributed by atoms with Crippen LogP contribution < -0.4 is 5.73 Å². The zero-order valence-corrected chi connectivity index (χ0v) is 9.51. The minimum atomic E-state index is 0.110. The van der Waals surface area contributed by atoms with E-state index in [4.69, 9.17) is 5.73 Å². The van der Waals surface area contributed by atoms with Gasteiger partial charge in [0.05, 0.1) is 0 Å². The molecule has 1 unspecified atom stereocenters. The van der Waals surface area contributed by atoms with E-state index in [-0.39, 0.29) is 6.04 Å². The van der Waals surface area contributed by atoms with Gasteiger partial charge in [-0.25, -0.2) is 0 Å². The summed E-state index contributed by atoms with van der Waals surface area (Å²) < 4.78 is 1.10. The second-order valence-corrected chi connectivity index (χ2v) is 4.13. The topological polar surface area (TPSA) is 26.0 Å². The third-order valence-corrected chi connectivity index (χ3v) is 2.31. The highest BCUT2D eigenvalue weighted by atomic mass is 79.9. The Morgan fingerprint density at radius 2 is 2.15 bits per heavy atom. The molecule has 0 radical (unpaired) electrons. The van der Waals surface area contributed by atoms with Crippen molar-refractivity contribution in [3.8, 4) is 0 Å². The highest BCUT2D eigenvalue weighted by molar-refractivity contribution is 9.10. The third kappa shape index (κ3) is 3.33. The zero-order chi connectivity index (χ0) is 9.84. The maximum absolute atomic E-state index is 5.63. The molecule has 70 valence electrons. The zero-order valence-electron chi connectivity index (χ0n) is 7.92. The first kappa shape index (κ1) is 10.5. The fourth-order valence-electron chi connectivity index (χ4n) is 1.05. The van der Waals surface area contributed by atoms with Gasteiger partial charge in [0.1, 0.15) is 0 Å². The molecule has 0 amide bonds. The number of nitrogens with two attached hydrogens (primary N) is 1. The van der Waals surface area contributed by atoms with Crippen molar-refractivity contribution in [2.24, 2.45) is 5.73 Å². The van der Waals surface area contributed by atoms with Crippen molar-refractivity contribution >= 4 is 22.0 Å². The van der Waals surface area contributed by atoms with E-state index in [1.54, 1.807) is 0 Å². The number of halogens is 1. The van der Waals surface area contributed by atoms with Crippen LogP contribution in [-0.4, -0.2) is 6.04 Å². The lowest BCUT2D eigenvalue weighted by Crippen LogP contribution is -2.09. The molecule has 0 fully saturated rings. The van der Waals surface area contributed by atoms with E-state index in [2.05, 4.69) is 41.1 Å². The summed E-state index contributed by atoms with van der Waals surface area (Å²) in [6, 6.07) is 6.33. The maximum atomic E-state index is 5.63. The van der Waals surface area contributed by atoms with Crippen LogP contribution in [0.1, 0.15) is 18.1 Å². The van der Waals surface area contributed by atoms with Crippen LogP contribution in [0.15, 0.2) is 28.7 Å². The lowest BCUT2D eigenvalue weighted by atomic mass is 10.1. The predicted octanol–water partition coefficient (Wildman–Crippen LogP) is 3.12. The number of benzene rings is 1. The number of hydrogen-bond donors (Lipinski definition) is 1. The molecule has 0 saturated carbocycles. The van der Waals surface area contributed by atoms with E-state index < -0.39 is 0 Å². The van der Waals surface area contributed by atoms with Gasteiger partial charge in [-0.3, -0.25) is 0 Å². The Morgan fingerprint density at radius 1 is 1.46 bits per heavy atom. The molecule has 1 aromatic rings. The molecule has 2 heteroatoms. The maximum Gasteiger partial charge on any atom is 0.0198 e.